The van der Waals surface area contributed by atoms with Gasteiger partial charge in [-0.15, -0.1) is 0 Å². The molecule has 2 amide bonds. The molecule has 0 unspecified atom stereocenters. The third kappa shape index (κ3) is 10.3. The molecule has 4 heterocycles. The maximum atomic E-state index is 12.2. The fraction of sp³-hybridized carbons (Fsp3) is 0.487. The Kier molecular flexibility index (Phi) is 13.7. The summed E-state index contributed by atoms with van der Waals surface area (Å²) in [5, 5.41) is 4.73. The van der Waals surface area contributed by atoms with E-state index in [1.165, 1.54) is 35.2 Å². The molecular weight excluding hydrogens is 695 g/mol. The molecule has 0 spiro atoms. The zero-order valence-corrected chi connectivity index (χ0v) is 31.3. The average molecular weight is 748 g/mol. The molecule has 1 N–H and O–H groups in total. The molecule has 0 radical (unpaired) electrons. The van der Waals surface area contributed by atoms with E-state index in [0.29, 0.717) is 19.0 Å². The number of ether oxygens (including phenoxy) is 2. The molecule has 3 aromatic rings. The number of aromatic nitrogens is 1. The summed E-state index contributed by atoms with van der Waals surface area (Å²) in [7, 11) is 0. The zero-order chi connectivity index (χ0) is 32.9. The summed E-state index contributed by atoms with van der Waals surface area (Å²) in [4.78, 5) is 32.4. The Hall–Kier alpha value is -3.41. The maximum Gasteiger partial charge on any atom is 0.410 e. The van der Waals surface area contributed by atoms with Crippen molar-refractivity contribution in [2.75, 3.05) is 38.0 Å². The number of carbonyl (C=O) groups is 2. The Morgan fingerprint density at radius 3 is 2.12 bits per heavy atom. The van der Waals surface area contributed by atoms with Crippen LogP contribution < -0.4 is 5.32 Å². The van der Waals surface area contributed by atoms with Crippen molar-refractivity contribution in [2.45, 2.75) is 90.8 Å². The largest absolute Gasteiger partial charge is 0.444 e. The molecule has 0 aliphatic carbocycles. The molecule has 3 aliphatic rings. The van der Waals surface area contributed by atoms with Crippen molar-refractivity contribution in [1.82, 2.24) is 14.8 Å². The zero-order valence-electron chi connectivity index (χ0n) is 29.7. The van der Waals surface area contributed by atoms with E-state index in [2.05, 4.69) is 58.8 Å². The summed E-state index contributed by atoms with van der Waals surface area (Å²) in [5.41, 5.74) is 6.79. The number of likely N-dealkylation sites (tertiary alicyclic amines) is 1. The Balaban J connectivity index is 0.000000250. The Morgan fingerprint density at radius 1 is 0.833 bits per heavy atom. The molecule has 0 bridgehead atoms. The van der Waals surface area contributed by atoms with Crippen molar-refractivity contribution in [1.29, 1.82) is 0 Å². The van der Waals surface area contributed by atoms with Crippen LogP contribution >= 0.6 is 0 Å². The van der Waals surface area contributed by atoms with Gasteiger partial charge in [-0.25, -0.2) is 9.59 Å². The van der Waals surface area contributed by atoms with E-state index >= 15 is 0 Å². The van der Waals surface area contributed by atoms with Crippen LogP contribution in [-0.2, 0) is 36.3 Å². The number of piperidine rings is 1. The molecule has 3 aliphatic heterocycles. The minimum atomic E-state index is -0.458. The number of rotatable bonds is 2. The number of nitrogens with zero attached hydrogens (tertiary/aromatic N) is 3. The topological polar surface area (TPSA) is 84.0 Å². The number of hydrogen-bond donors (Lipinski definition) is 1. The van der Waals surface area contributed by atoms with Crippen LogP contribution in [0.25, 0.3) is 16.5 Å². The van der Waals surface area contributed by atoms with E-state index in [9.17, 15) is 9.59 Å². The van der Waals surface area contributed by atoms with Crippen molar-refractivity contribution in [3.8, 4) is 0 Å². The molecule has 2 aromatic carbocycles. The van der Waals surface area contributed by atoms with E-state index < -0.39 is 11.2 Å². The normalized spacial score (nSPS) is 16.5. The molecule has 48 heavy (non-hydrogen) atoms. The molecular formula is C39H53N4O4Pd-. The van der Waals surface area contributed by atoms with Gasteiger partial charge in [-0.3, -0.25) is 4.98 Å². The van der Waals surface area contributed by atoms with Gasteiger partial charge in [0.2, 0.25) is 0 Å². The quantitative estimate of drug-likeness (QED) is 0.208. The summed E-state index contributed by atoms with van der Waals surface area (Å²) < 4.78 is 10.9. The van der Waals surface area contributed by atoms with Gasteiger partial charge in [-0.2, -0.15) is 0 Å². The number of anilines is 1. The van der Waals surface area contributed by atoms with Crippen molar-refractivity contribution in [2.24, 2.45) is 0 Å². The van der Waals surface area contributed by atoms with Crippen molar-refractivity contribution in [3.05, 3.63) is 84.9 Å². The fourth-order valence-electron chi connectivity index (χ4n) is 6.35. The van der Waals surface area contributed by atoms with Crippen LogP contribution in [-0.4, -0.2) is 70.9 Å². The number of benzene rings is 2. The fourth-order valence-corrected chi connectivity index (χ4v) is 6.35. The maximum absolute atomic E-state index is 12.2. The second-order valence-corrected chi connectivity index (χ2v) is 14.4. The van der Waals surface area contributed by atoms with Crippen LogP contribution in [0.1, 0.15) is 89.8 Å². The van der Waals surface area contributed by atoms with Crippen molar-refractivity contribution >= 4 is 34.3 Å². The van der Waals surface area contributed by atoms with Gasteiger partial charge < -0.3 is 32.0 Å². The van der Waals surface area contributed by atoms with E-state index in [1.54, 1.807) is 4.90 Å². The average Bonchev–Trinajstić information content (AvgIpc) is 3.03. The SMILES string of the molecule is CC(C)(C)OC(=O)N1CC=C(c2cccc3cccnc23)CC1.CC(C)(C)OC(=O)N1CCC(c2cccc3c2NCCC3)CC1.[CH3-].[Pd]. The number of aryl methyl sites for hydroxylation is 1. The number of fused-ring (bicyclic) bond motifs is 2. The van der Waals surface area contributed by atoms with Gasteiger partial charge in [-0.1, -0.05) is 48.5 Å². The molecule has 1 fully saturated rings. The third-order valence-corrected chi connectivity index (χ3v) is 8.53. The molecule has 6 rings (SSSR count). The van der Waals surface area contributed by atoms with Gasteiger partial charge in [0.1, 0.15) is 11.2 Å². The first-order valence-corrected chi connectivity index (χ1v) is 16.7. The predicted molar refractivity (Wildman–Crippen MR) is 192 cm³/mol. The Morgan fingerprint density at radius 2 is 1.48 bits per heavy atom. The standard InChI is InChI=1S/C19H28N2O2.C19H22N2O2.CH3.Pd/c2*1-19(2,3)23-18(22)21-12-9-14(10-13-21)16-8-4-6-15-7-5-11-20-17(15)16;;/h4,6,8,14,20H,5,7,9-13H2,1-3H3;4-9,11H,10,12-13H2,1-3H3;1H3;/q;;-1;. The van der Waals surface area contributed by atoms with Crippen LogP contribution in [0.5, 0.6) is 0 Å². The summed E-state index contributed by atoms with van der Waals surface area (Å²) in [6, 6.07) is 16.9. The molecule has 0 atom stereocenters. The van der Waals surface area contributed by atoms with Crippen LogP contribution in [0.3, 0.4) is 0 Å². The monoisotopic (exact) mass is 747 g/mol. The molecule has 0 saturated carbocycles. The Labute approximate surface area is 301 Å². The second-order valence-electron chi connectivity index (χ2n) is 14.4. The van der Waals surface area contributed by atoms with Gasteiger partial charge in [0.15, 0.2) is 0 Å². The van der Waals surface area contributed by atoms with Crippen LogP contribution in [0.15, 0.2) is 60.8 Å². The molecule has 1 saturated heterocycles. The van der Waals surface area contributed by atoms with Gasteiger partial charge in [0, 0.05) is 76.0 Å². The van der Waals surface area contributed by atoms with E-state index in [0.717, 1.165) is 55.4 Å². The van der Waals surface area contributed by atoms with Gasteiger partial charge in [0.05, 0.1) is 5.52 Å². The summed E-state index contributed by atoms with van der Waals surface area (Å²) in [6.45, 7) is 15.3. The molecule has 1 aromatic heterocycles. The first-order chi connectivity index (χ1) is 21.9. The van der Waals surface area contributed by atoms with Gasteiger partial charge in [-0.05, 0) is 102 Å². The van der Waals surface area contributed by atoms with Gasteiger partial charge in [0.25, 0.3) is 0 Å². The van der Waals surface area contributed by atoms with Gasteiger partial charge >= 0.3 is 12.2 Å². The minimum absolute atomic E-state index is 0. The number of para-hydroxylation sites is 2. The smallest absolute Gasteiger partial charge is 0.410 e. The number of amides is 2. The van der Waals surface area contributed by atoms with E-state index in [4.69, 9.17) is 9.47 Å². The van der Waals surface area contributed by atoms with Crippen LogP contribution in [0.4, 0.5) is 15.3 Å². The number of nitrogens with one attached hydrogen (secondary N) is 1. The molecule has 8 nitrogen and oxygen atoms in total. The van der Waals surface area contributed by atoms with E-state index in [1.807, 2.05) is 58.7 Å². The summed E-state index contributed by atoms with van der Waals surface area (Å²) in [5.74, 6) is 0.536. The number of pyridine rings is 1. The Bertz CT molecular complexity index is 1560. The first-order valence-electron chi connectivity index (χ1n) is 16.7. The van der Waals surface area contributed by atoms with E-state index in [-0.39, 0.29) is 40.0 Å². The number of hydrogen-bond acceptors (Lipinski definition) is 6. The van der Waals surface area contributed by atoms with Crippen LogP contribution in [0.2, 0.25) is 0 Å². The predicted octanol–water partition coefficient (Wildman–Crippen LogP) is 8.87. The number of carbonyl (C=O) groups excluding carboxylic acids is 2. The summed E-state index contributed by atoms with van der Waals surface area (Å²) in [6.07, 6.45) is 8.73. The van der Waals surface area contributed by atoms with Crippen molar-refractivity contribution < 1.29 is 39.5 Å². The first kappa shape index (κ1) is 39.0. The third-order valence-electron chi connectivity index (χ3n) is 8.53. The second kappa shape index (κ2) is 16.8. The minimum Gasteiger partial charge on any atom is -0.444 e. The summed E-state index contributed by atoms with van der Waals surface area (Å²) >= 11 is 0. The van der Waals surface area contributed by atoms with Crippen molar-refractivity contribution in [3.63, 3.8) is 0 Å². The molecule has 264 valence electrons. The van der Waals surface area contributed by atoms with Crippen LogP contribution in [0, 0.1) is 7.43 Å². The molecule has 9 heteroatoms.